The fraction of sp³-hybridized carbons (Fsp3) is 0.714. The summed E-state index contributed by atoms with van der Waals surface area (Å²) in [5, 5.41) is 6.88. The third-order valence-corrected chi connectivity index (χ3v) is 5.00. The first-order chi connectivity index (χ1) is 9.74. The third-order valence-electron chi connectivity index (χ3n) is 3.92. The number of ether oxygens (including phenoxy) is 1. The predicted molar refractivity (Wildman–Crippen MR) is 86.5 cm³/mol. The molecule has 1 aliphatic carbocycles. The van der Waals surface area contributed by atoms with Crippen molar-refractivity contribution in [3.05, 3.63) is 10.6 Å². The molecule has 3 rings (SSSR count). The van der Waals surface area contributed by atoms with Gasteiger partial charge < -0.3 is 15.4 Å². The van der Waals surface area contributed by atoms with Crippen LogP contribution in [-0.4, -0.2) is 36.2 Å². The molecule has 1 aromatic heterocycles. The van der Waals surface area contributed by atoms with Crippen molar-refractivity contribution in [2.24, 2.45) is 0 Å². The molecule has 1 saturated heterocycles. The van der Waals surface area contributed by atoms with Gasteiger partial charge in [-0.15, -0.1) is 23.7 Å². The molecule has 0 unspecified atom stereocenters. The second-order valence-corrected chi connectivity index (χ2v) is 6.53. The molecule has 2 atom stereocenters. The number of nitrogens with zero attached hydrogens (tertiary/aromatic N) is 1. The zero-order valence-electron chi connectivity index (χ0n) is 12.2. The maximum absolute atomic E-state index is 12.3. The van der Waals surface area contributed by atoms with Crippen LogP contribution in [0.25, 0.3) is 0 Å². The van der Waals surface area contributed by atoms with Crippen molar-refractivity contribution in [3.8, 4) is 0 Å². The van der Waals surface area contributed by atoms with Gasteiger partial charge in [0.25, 0.3) is 0 Å². The number of carbonyl (C=O) groups is 1. The van der Waals surface area contributed by atoms with Crippen molar-refractivity contribution in [2.45, 2.75) is 51.2 Å². The van der Waals surface area contributed by atoms with Crippen LogP contribution in [0.4, 0.5) is 5.13 Å². The number of hydrogen-bond donors (Lipinski definition) is 2. The van der Waals surface area contributed by atoms with Crippen molar-refractivity contribution in [1.82, 2.24) is 10.3 Å². The van der Waals surface area contributed by atoms with E-state index < -0.39 is 0 Å². The van der Waals surface area contributed by atoms with Crippen LogP contribution in [0.1, 0.15) is 36.8 Å². The summed E-state index contributed by atoms with van der Waals surface area (Å²) >= 11 is 1.63. The van der Waals surface area contributed by atoms with Gasteiger partial charge in [0.15, 0.2) is 5.13 Å². The average Bonchev–Trinajstić information content (AvgIpc) is 2.68. The minimum atomic E-state index is -0.285. The van der Waals surface area contributed by atoms with E-state index in [-0.39, 0.29) is 30.5 Å². The van der Waals surface area contributed by atoms with Crippen LogP contribution < -0.4 is 10.6 Å². The normalized spacial score (nSPS) is 25.4. The Morgan fingerprint density at radius 2 is 2.19 bits per heavy atom. The molecule has 1 fully saturated rings. The van der Waals surface area contributed by atoms with E-state index in [0.29, 0.717) is 6.61 Å². The number of carbonyl (C=O) groups excluding carboxylic acids is 1. The number of morpholine rings is 1. The van der Waals surface area contributed by atoms with E-state index in [1.807, 2.05) is 6.92 Å². The van der Waals surface area contributed by atoms with Crippen molar-refractivity contribution in [2.75, 3.05) is 18.5 Å². The summed E-state index contributed by atoms with van der Waals surface area (Å²) < 4.78 is 5.51. The molecule has 0 saturated carbocycles. The van der Waals surface area contributed by atoms with Gasteiger partial charge in [-0.25, -0.2) is 4.98 Å². The van der Waals surface area contributed by atoms with E-state index in [1.54, 1.807) is 11.3 Å². The summed E-state index contributed by atoms with van der Waals surface area (Å²) in [5.41, 5.74) is 1.18. The summed E-state index contributed by atoms with van der Waals surface area (Å²) in [7, 11) is 0. The van der Waals surface area contributed by atoms with Crippen LogP contribution in [0.5, 0.6) is 0 Å². The number of nitrogens with one attached hydrogen (secondary N) is 2. The number of hydrogen-bond acceptors (Lipinski definition) is 5. The van der Waals surface area contributed by atoms with E-state index in [4.69, 9.17) is 4.74 Å². The van der Waals surface area contributed by atoms with Gasteiger partial charge in [-0.1, -0.05) is 6.42 Å². The molecule has 2 heterocycles. The SMILES string of the molecule is C[C@H]1OCCN[C@@H]1C(=O)Nc1nc2c(s1)CCCCC2.Cl. The lowest BCUT2D eigenvalue weighted by Crippen LogP contribution is -2.53. The topological polar surface area (TPSA) is 63.2 Å². The maximum Gasteiger partial charge on any atom is 0.245 e. The number of amides is 1. The largest absolute Gasteiger partial charge is 0.375 e. The molecule has 1 aromatic rings. The van der Waals surface area contributed by atoms with Gasteiger partial charge in [-0.2, -0.15) is 0 Å². The van der Waals surface area contributed by atoms with Crippen LogP contribution in [-0.2, 0) is 22.4 Å². The number of fused-ring (bicyclic) bond motifs is 1. The molecule has 5 nitrogen and oxygen atoms in total. The average molecular weight is 332 g/mol. The second kappa shape index (κ2) is 7.54. The highest BCUT2D eigenvalue weighted by molar-refractivity contribution is 7.15. The summed E-state index contributed by atoms with van der Waals surface area (Å²) in [6.45, 7) is 3.31. The maximum atomic E-state index is 12.3. The lowest BCUT2D eigenvalue weighted by atomic mass is 10.1. The summed E-state index contributed by atoms with van der Waals surface area (Å²) in [6.07, 6.45) is 5.77. The summed E-state index contributed by atoms with van der Waals surface area (Å²) in [6, 6.07) is -0.285. The molecule has 7 heteroatoms. The Morgan fingerprint density at radius 1 is 1.38 bits per heavy atom. The Morgan fingerprint density at radius 3 is 3.00 bits per heavy atom. The van der Waals surface area contributed by atoms with Gasteiger partial charge in [-0.05, 0) is 32.6 Å². The van der Waals surface area contributed by atoms with Crippen LogP contribution >= 0.6 is 23.7 Å². The number of rotatable bonds is 2. The molecular weight excluding hydrogens is 310 g/mol. The molecule has 1 aliphatic heterocycles. The number of anilines is 1. The number of aromatic nitrogens is 1. The number of thiazole rings is 1. The van der Waals surface area contributed by atoms with E-state index in [2.05, 4.69) is 15.6 Å². The Labute approximate surface area is 135 Å². The van der Waals surface area contributed by atoms with Gasteiger partial charge in [0.1, 0.15) is 6.04 Å². The summed E-state index contributed by atoms with van der Waals surface area (Å²) in [4.78, 5) is 18.2. The molecule has 0 spiro atoms. The minimum Gasteiger partial charge on any atom is -0.375 e. The highest BCUT2D eigenvalue weighted by Crippen LogP contribution is 2.29. The first-order valence-corrected chi connectivity index (χ1v) is 8.20. The molecule has 2 N–H and O–H groups in total. The number of halogens is 1. The van der Waals surface area contributed by atoms with Crippen molar-refractivity contribution >= 4 is 34.8 Å². The van der Waals surface area contributed by atoms with E-state index in [9.17, 15) is 4.79 Å². The molecule has 1 amide bonds. The lowest BCUT2D eigenvalue weighted by Gasteiger charge is -2.28. The van der Waals surface area contributed by atoms with Crippen LogP contribution in [0.3, 0.4) is 0 Å². The van der Waals surface area contributed by atoms with Gasteiger partial charge >= 0.3 is 0 Å². The highest BCUT2D eigenvalue weighted by atomic mass is 35.5. The molecular formula is C14H22ClN3O2S. The van der Waals surface area contributed by atoms with Crippen molar-refractivity contribution in [1.29, 1.82) is 0 Å². The standard InChI is InChI=1S/C14H21N3O2S.ClH/c1-9-12(15-7-8-19-9)13(18)17-14-16-10-5-3-2-4-6-11(10)20-14;/h9,12,15H,2-8H2,1H3,(H,16,17,18);1H/t9-,12+;/m1./s1. The van der Waals surface area contributed by atoms with E-state index in [1.165, 1.54) is 29.8 Å². The van der Waals surface area contributed by atoms with Crippen molar-refractivity contribution in [3.63, 3.8) is 0 Å². The predicted octanol–water partition coefficient (Wildman–Crippen LogP) is 2.15. The van der Waals surface area contributed by atoms with E-state index >= 15 is 0 Å². The molecule has 2 aliphatic rings. The monoisotopic (exact) mass is 331 g/mol. The molecule has 21 heavy (non-hydrogen) atoms. The fourth-order valence-electron chi connectivity index (χ4n) is 2.79. The van der Waals surface area contributed by atoms with Gasteiger partial charge in [0.05, 0.1) is 18.4 Å². The zero-order chi connectivity index (χ0) is 13.9. The number of aryl methyl sites for hydroxylation is 2. The smallest absolute Gasteiger partial charge is 0.245 e. The second-order valence-electron chi connectivity index (χ2n) is 5.45. The van der Waals surface area contributed by atoms with Crippen molar-refractivity contribution < 1.29 is 9.53 Å². The zero-order valence-corrected chi connectivity index (χ0v) is 13.8. The van der Waals surface area contributed by atoms with E-state index in [0.717, 1.165) is 24.5 Å². The minimum absolute atomic E-state index is 0. The first-order valence-electron chi connectivity index (χ1n) is 7.38. The molecule has 0 bridgehead atoms. The molecule has 0 radical (unpaired) electrons. The van der Waals surface area contributed by atoms with Crippen LogP contribution in [0.2, 0.25) is 0 Å². The Bertz CT molecular complexity index is 471. The van der Waals surface area contributed by atoms with Gasteiger partial charge in [-0.3, -0.25) is 4.79 Å². The molecule has 118 valence electrons. The Kier molecular flexibility index (Phi) is 5.98. The molecule has 0 aromatic carbocycles. The Hall–Kier alpha value is -0.690. The first kappa shape index (κ1) is 16.7. The lowest BCUT2D eigenvalue weighted by molar-refractivity contribution is -0.123. The summed E-state index contributed by atoms with van der Waals surface area (Å²) in [5.74, 6) is -0.0406. The third kappa shape index (κ3) is 3.94. The van der Waals surface area contributed by atoms with Crippen LogP contribution in [0, 0.1) is 0 Å². The Balaban J connectivity index is 0.00000161. The quantitative estimate of drug-likeness (QED) is 0.815. The van der Waals surface area contributed by atoms with Gasteiger partial charge in [0, 0.05) is 11.4 Å². The highest BCUT2D eigenvalue weighted by Gasteiger charge is 2.29. The fourth-order valence-corrected chi connectivity index (χ4v) is 3.85. The van der Waals surface area contributed by atoms with Crippen LogP contribution in [0.15, 0.2) is 0 Å². The van der Waals surface area contributed by atoms with Gasteiger partial charge in [0.2, 0.25) is 5.91 Å².